The van der Waals surface area contributed by atoms with E-state index in [9.17, 15) is 9.59 Å². The van der Waals surface area contributed by atoms with Gasteiger partial charge >= 0.3 is 0 Å². The van der Waals surface area contributed by atoms with Crippen LogP contribution in [0.4, 0.5) is 0 Å². The van der Waals surface area contributed by atoms with Gasteiger partial charge in [0.25, 0.3) is 0 Å². The Labute approximate surface area is 122 Å². The van der Waals surface area contributed by atoms with E-state index in [4.69, 9.17) is 0 Å². The molecule has 3 atom stereocenters. The summed E-state index contributed by atoms with van der Waals surface area (Å²) in [4.78, 5) is 26.5. The molecule has 0 aromatic heterocycles. The van der Waals surface area contributed by atoms with Crippen molar-refractivity contribution in [3.63, 3.8) is 0 Å². The highest BCUT2D eigenvalue weighted by Gasteiger charge is 2.48. The summed E-state index contributed by atoms with van der Waals surface area (Å²) in [5, 5.41) is 3.44. The molecule has 0 aliphatic carbocycles. The van der Waals surface area contributed by atoms with Crippen LogP contribution in [0.2, 0.25) is 0 Å². The van der Waals surface area contributed by atoms with Gasteiger partial charge in [-0.05, 0) is 38.6 Å². The molecule has 4 heteroatoms. The van der Waals surface area contributed by atoms with E-state index < -0.39 is 5.41 Å². The molecule has 2 aliphatic rings. The molecular weight excluding hydrogens is 252 g/mol. The molecule has 0 spiro atoms. The number of carbonyl (C=O) groups is 2. The van der Waals surface area contributed by atoms with E-state index in [1.165, 1.54) is 4.90 Å². The van der Waals surface area contributed by atoms with E-state index in [-0.39, 0.29) is 17.2 Å². The molecule has 0 saturated carbocycles. The zero-order chi connectivity index (χ0) is 15.1. The van der Waals surface area contributed by atoms with Crippen LogP contribution in [0.5, 0.6) is 0 Å². The highest BCUT2D eigenvalue weighted by molar-refractivity contribution is 6.01. The van der Waals surface area contributed by atoms with Gasteiger partial charge in [-0.15, -0.1) is 0 Å². The topological polar surface area (TPSA) is 49.4 Å². The second-order valence-electron chi connectivity index (χ2n) is 7.94. The predicted molar refractivity (Wildman–Crippen MR) is 79.1 cm³/mol. The Morgan fingerprint density at radius 3 is 2.60 bits per heavy atom. The predicted octanol–water partition coefficient (Wildman–Crippen LogP) is 2.19. The smallest absolute Gasteiger partial charge is 0.235 e. The van der Waals surface area contributed by atoms with Crippen LogP contribution < -0.4 is 5.32 Å². The fourth-order valence-corrected chi connectivity index (χ4v) is 3.51. The fourth-order valence-electron chi connectivity index (χ4n) is 3.51. The van der Waals surface area contributed by atoms with Crippen LogP contribution >= 0.6 is 0 Å². The molecule has 2 rings (SSSR count). The van der Waals surface area contributed by atoms with Crippen molar-refractivity contribution >= 4 is 11.8 Å². The summed E-state index contributed by atoms with van der Waals surface area (Å²) in [7, 11) is 0. The second-order valence-corrected chi connectivity index (χ2v) is 7.94. The molecule has 2 aliphatic heterocycles. The molecule has 1 N–H and O–H groups in total. The Kier molecular flexibility index (Phi) is 3.98. The first-order valence-corrected chi connectivity index (χ1v) is 7.73. The minimum Gasteiger partial charge on any atom is -0.314 e. The van der Waals surface area contributed by atoms with E-state index in [0.717, 1.165) is 25.8 Å². The highest BCUT2D eigenvalue weighted by Crippen LogP contribution is 2.40. The Balaban J connectivity index is 2.04. The maximum Gasteiger partial charge on any atom is 0.235 e. The second kappa shape index (κ2) is 5.14. The Hall–Kier alpha value is -0.900. The van der Waals surface area contributed by atoms with Crippen molar-refractivity contribution < 1.29 is 9.59 Å². The lowest BCUT2D eigenvalue weighted by molar-refractivity contribution is -0.150. The van der Waals surface area contributed by atoms with E-state index in [1.807, 2.05) is 27.7 Å². The summed E-state index contributed by atoms with van der Waals surface area (Å²) >= 11 is 0. The van der Waals surface area contributed by atoms with Crippen LogP contribution in [0, 0.1) is 16.7 Å². The zero-order valence-electron chi connectivity index (χ0n) is 13.5. The van der Waals surface area contributed by atoms with Gasteiger partial charge in [-0.3, -0.25) is 14.5 Å². The van der Waals surface area contributed by atoms with Crippen LogP contribution in [0.15, 0.2) is 0 Å². The molecule has 2 saturated heterocycles. The van der Waals surface area contributed by atoms with Crippen LogP contribution in [-0.2, 0) is 9.59 Å². The van der Waals surface area contributed by atoms with Crippen molar-refractivity contribution in [2.75, 3.05) is 13.1 Å². The van der Waals surface area contributed by atoms with Gasteiger partial charge in [-0.25, -0.2) is 0 Å². The molecule has 2 heterocycles. The number of nitrogens with zero attached hydrogens (tertiary/aromatic N) is 1. The molecule has 4 nitrogen and oxygen atoms in total. The Bertz CT molecular complexity index is 413. The average Bonchev–Trinajstić information content (AvgIpc) is 2.84. The van der Waals surface area contributed by atoms with Crippen LogP contribution in [0.1, 0.15) is 53.9 Å². The van der Waals surface area contributed by atoms with E-state index in [0.29, 0.717) is 18.5 Å². The molecule has 20 heavy (non-hydrogen) atoms. The number of carbonyl (C=O) groups excluding carboxylic acids is 2. The Morgan fingerprint density at radius 2 is 2.10 bits per heavy atom. The lowest BCUT2D eigenvalue weighted by Crippen LogP contribution is -2.43. The molecule has 2 amide bonds. The summed E-state index contributed by atoms with van der Waals surface area (Å²) in [5.74, 6) is 0.560. The van der Waals surface area contributed by atoms with Crippen molar-refractivity contribution in [3.05, 3.63) is 0 Å². The first-order chi connectivity index (χ1) is 9.13. The van der Waals surface area contributed by atoms with Crippen LogP contribution in [-0.4, -0.2) is 35.8 Å². The number of hydrogen-bond donors (Lipinski definition) is 1. The molecule has 2 fully saturated rings. The van der Waals surface area contributed by atoms with Gasteiger partial charge in [-0.2, -0.15) is 0 Å². The lowest BCUT2D eigenvalue weighted by atomic mass is 9.79. The molecule has 0 bridgehead atoms. The summed E-state index contributed by atoms with van der Waals surface area (Å²) in [6.45, 7) is 11.4. The molecule has 0 radical (unpaired) electrons. The van der Waals surface area contributed by atoms with Crippen LogP contribution in [0.3, 0.4) is 0 Å². The molecule has 114 valence electrons. The number of likely N-dealkylation sites (tertiary alicyclic amines) is 1. The first-order valence-electron chi connectivity index (χ1n) is 7.73. The van der Waals surface area contributed by atoms with Gasteiger partial charge in [0.1, 0.15) is 0 Å². The van der Waals surface area contributed by atoms with Gasteiger partial charge in [0.05, 0.1) is 0 Å². The standard InChI is InChI=1S/C16H28N2O2/c1-11-8-12(10-17-11)9-16(5)6-7-18(14(16)20)13(19)15(2,3)4/h11-12,17H,6-10H2,1-5H3. The normalized spacial score (nSPS) is 34.9. The summed E-state index contributed by atoms with van der Waals surface area (Å²) in [6.07, 6.45) is 2.84. The van der Waals surface area contributed by atoms with Gasteiger partial charge in [-0.1, -0.05) is 27.7 Å². The Morgan fingerprint density at radius 1 is 1.45 bits per heavy atom. The monoisotopic (exact) mass is 280 g/mol. The van der Waals surface area contributed by atoms with Crippen LogP contribution in [0.25, 0.3) is 0 Å². The minimum absolute atomic E-state index is 0.0378. The SMILES string of the molecule is CC1CC(CC2(C)CCN(C(=O)C(C)(C)C)C2=O)CN1. The van der Waals surface area contributed by atoms with Crippen molar-refractivity contribution in [1.82, 2.24) is 10.2 Å². The quantitative estimate of drug-likeness (QED) is 0.843. The number of rotatable bonds is 2. The summed E-state index contributed by atoms with van der Waals surface area (Å²) < 4.78 is 0. The highest BCUT2D eigenvalue weighted by atomic mass is 16.2. The van der Waals surface area contributed by atoms with Gasteiger partial charge in [0.15, 0.2) is 0 Å². The maximum absolute atomic E-state index is 12.7. The molecule has 0 aromatic carbocycles. The van der Waals surface area contributed by atoms with Crippen molar-refractivity contribution in [2.24, 2.45) is 16.7 Å². The third-order valence-corrected chi connectivity index (χ3v) is 4.72. The van der Waals surface area contributed by atoms with Gasteiger partial charge in [0, 0.05) is 23.4 Å². The van der Waals surface area contributed by atoms with E-state index >= 15 is 0 Å². The molecular formula is C16H28N2O2. The number of nitrogens with one attached hydrogen (secondary N) is 1. The van der Waals surface area contributed by atoms with Crippen molar-refractivity contribution in [2.45, 2.75) is 59.9 Å². The number of imide groups is 1. The van der Waals surface area contributed by atoms with Crippen molar-refractivity contribution in [1.29, 1.82) is 0 Å². The summed E-state index contributed by atoms with van der Waals surface area (Å²) in [6, 6.07) is 0.549. The fraction of sp³-hybridized carbons (Fsp3) is 0.875. The molecule has 3 unspecified atom stereocenters. The third-order valence-electron chi connectivity index (χ3n) is 4.72. The summed E-state index contributed by atoms with van der Waals surface area (Å²) in [5.41, 5.74) is -0.832. The largest absolute Gasteiger partial charge is 0.314 e. The van der Waals surface area contributed by atoms with Gasteiger partial charge in [0.2, 0.25) is 11.8 Å². The number of hydrogen-bond acceptors (Lipinski definition) is 3. The maximum atomic E-state index is 12.7. The first kappa shape index (κ1) is 15.5. The van der Waals surface area contributed by atoms with Crippen molar-refractivity contribution in [3.8, 4) is 0 Å². The van der Waals surface area contributed by atoms with E-state index in [2.05, 4.69) is 12.2 Å². The lowest BCUT2D eigenvalue weighted by Gasteiger charge is -2.28. The zero-order valence-corrected chi connectivity index (χ0v) is 13.5. The minimum atomic E-state index is -0.482. The third kappa shape index (κ3) is 2.90. The molecule has 0 aromatic rings. The average molecular weight is 280 g/mol. The van der Waals surface area contributed by atoms with Gasteiger partial charge < -0.3 is 5.32 Å². The van der Waals surface area contributed by atoms with E-state index in [1.54, 1.807) is 0 Å². The number of amides is 2.